The van der Waals surface area contributed by atoms with Crippen LogP contribution in [-0.2, 0) is 19.9 Å². The minimum atomic E-state index is -3.73. The second kappa shape index (κ2) is 7.79. The van der Waals surface area contributed by atoms with Crippen LogP contribution >= 0.6 is 0 Å². The molecule has 0 aromatic heterocycles. The topological polar surface area (TPSA) is 104 Å². The molecule has 0 heterocycles. The van der Waals surface area contributed by atoms with Crippen LogP contribution in [0.5, 0.6) is 0 Å². The van der Waals surface area contributed by atoms with E-state index in [4.69, 9.17) is 5.26 Å². The van der Waals surface area contributed by atoms with E-state index in [-0.39, 0.29) is 10.6 Å². The highest BCUT2D eigenvalue weighted by Gasteiger charge is 2.11. The molecule has 8 heteroatoms. The third-order valence-electron chi connectivity index (χ3n) is 3.00. The molecule has 25 heavy (non-hydrogen) atoms. The largest absolute Gasteiger partial charge is 0.280 e. The van der Waals surface area contributed by atoms with Crippen LogP contribution in [0.4, 0.5) is 5.69 Å². The first kappa shape index (κ1) is 18.4. The summed E-state index contributed by atoms with van der Waals surface area (Å²) >= 11 is 0. The number of rotatable bonds is 6. The summed E-state index contributed by atoms with van der Waals surface area (Å²) in [5, 5.41) is 10.2. The van der Waals surface area contributed by atoms with Gasteiger partial charge in [-0.25, -0.2) is 16.8 Å². The van der Waals surface area contributed by atoms with Gasteiger partial charge in [-0.2, -0.15) is 5.26 Å². The lowest BCUT2D eigenvalue weighted by molar-refractivity contribution is 0.604. The standard InChI is InChI=1S/C17H14N2O4S2/c18-12-4-13-24(20,21)17-9-7-16(8-10-17)19-25(22,23)14-11-15-5-2-1-3-6-15/h1-11,13-14,19H/b13-4+,14-11+. The highest BCUT2D eigenvalue weighted by molar-refractivity contribution is 7.95. The average molecular weight is 374 g/mol. The van der Waals surface area contributed by atoms with Crippen LogP contribution in [-0.4, -0.2) is 16.8 Å². The van der Waals surface area contributed by atoms with Gasteiger partial charge in [0.2, 0.25) is 9.84 Å². The molecular weight excluding hydrogens is 360 g/mol. The van der Waals surface area contributed by atoms with E-state index < -0.39 is 19.9 Å². The van der Waals surface area contributed by atoms with Crippen molar-refractivity contribution in [1.82, 2.24) is 0 Å². The summed E-state index contributed by atoms with van der Waals surface area (Å²) in [5.74, 6) is 0. The summed E-state index contributed by atoms with van der Waals surface area (Å²) in [6.07, 6.45) is 2.31. The van der Waals surface area contributed by atoms with Crippen LogP contribution in [0.25, 0.3) is 6.08 Å². The van der Waals surface area contributed by atoms with Gasteiger partial charge in [0.15, 0.2) is 0 Å². The van der Waals surface area contributed by atoms with Crippen molar-refractivity contribution in [3.05, 3.63) is 77.1 Å². The summed E-state index contributed by atoms with van der Waals surface area (Å²) in [7, 11) is -7.46. The molecule has 0 unspecified atom stereocenters. The lowest BCUT2D eigenvalue weighted by atomic mass is 10.2. The average Bonchev–Trinajstić information content (AvgIpc) is 2.59. The van der Waals surface area contributed by atoms with Crippen molar-refractivity contribution in [2.45, 2.75) is 4.90 Å². The number of hydrogen-bond donors (Lipinski definition) is 1. The summed E-state index contributed by atoms with van der Waals surface area (Å²) in [6, 6.07) is 15.7. The second-order valence-electron chi connectivity index (χ2n) is 4.86. The number of nitrogens with one attached hydrogen (secondary N) is 1. The first-order valence-electron chi connectivity index (χ1n) is 7.00. The van der Waals surface area contributed by atoms with E-state index in [1.165, 1.54) is 30.3 Å². The van der Waals surface area contributed by atoms with Gasteiger partial charge >= 0.3 is 0 Å². The molecule has 128 valence electrons. The summed E-state index contributed by atoms with van der Waals surface area (Å²) in [6.45, 7) is 0. The Morgan fingerprint density at radius 2 is 1.52 bits per heavy atom. The van der Waals surface area contributed by atoms with E-state index >= 15 is 0 Å². The van der Waals surface area contributed by atoms with Crippen LogP contribution in [0.15, 0.2) is 76.4 Å². The Labute approximate surface area is 146 Å². The Morgan fingerprint density at radius 1 is 0.880 bits per heavy atom. The number of sulfone groups is 1. The van der Waals surface area contributed by atoms with E-state index in [9.17, 15) is 16.8 Å². The van der Waals surface area contributed by atoms with Gasteiger partial charge in [0.1, 0.15) is 0 Å². The number of sulfonamides is 1. The van der Waals surface area contributed by atoms with Gasteiger partial charge in [0.25, 0.3) is 10.0 Å². The molecule has 0 spiro atoms. The van der Waals surface area contributed by atoms with Crippen LogP contribution in [0.3, 0.4) is 0 Å². The molecule has 1 N–H and O–H groups in total. The zero-order valence-corrected chi connectivity index (χ0v) is 14.5. The zero-order chi connectivity index (χ0) is 18.3. The molecule has 0 saturated heterocycles. The quantitative estimate of drug-likeness (QED) is 0.783. The molecule has 0 aliphatic carbocycles. The van der Waals surface area contributed by atoms with Crippen LogP contribution < -0.4 is 4.72 Å². The highest BCUT2D eigenvalue weighted by Crippen LogP contribution is 2.17. The molecule has 0 aliphatic heterocycles. The van der Waals surface area contributed by atoms with E-state index in [1.807, 2.05) is 6.07 Å². The maximum absolute atomic E-state index is 12.0. The fraction of sp³-hybridized carbons (Fsp3) is 0. The van der Waals surface area contributed by atoms with E-state index in [1.54, 1.807) is 30.3 Å². The molecule has 2 aromatic rings. The van der Waals surface area contributed by atoms with Crippen molar-refractivity contribution in [1.29, 1.82) is 5.26 Å². The molecule has 0 fully saturated rings. The van der Waals surface area contributed by atoms with Crippen molar-refractivity contribution in [2.75, 3.05) is 4.72 Å². The Balaban J connectivity index is 2.14. The lowest BCUT2D eigenvalue weighted by Gasteiger charge is -2.05. The molecule has 0 radical (unpaired) electrons. The molecule has 0 bridgehead atoms. The Bertz CT molecular complexity index is 1030. The van der Waals surface area contributed by atoms with E-state index in [0.717, 1.165) is 22.5 Å². The number of nitrogens with zero attached hydrogens (tertiary/aromatic N) is 1. The SMILES string of the molecule is N#C/C=C/S(=O)(=O)c1ccc(NS(=O)(=O)/C=C/c2ccccc2)cc1. The van der Waals surface area contributed by atoms with Crippen LogP contribution in [0.2, 0.25) is 0 Å². The van der Waals surface area contributed by atoms with Crippen molar-refractivity contribution in [3.8, 4) is 6.07 Å². The van der Waals surface area contributed by atoms with E-state index in [0.29, 0.717) is 0 Å². The second-order valence-corrected chi connectivity index (χ2v) is 8.26. The van der Waals surface area contributed by atoms with Crippen molar-refractivity contribution in [2.24, 2.45) is 0 Å². The van der Waals surface area contributed by atoms with Gasteiger partial charge in [-0.1, -0.05) is 30.3 Å². The third kappa shape index (κ3) is 5.60. The Hall–Kier alpha value is -2.89. The summed E-state index contributed by atoms with van der Waals surface area (Å²) < 4.78 is 50.1. The smallest absolute Gasteiger partial charge is 0.255 e. The molecule has 0 saturated carbocycles. The predicted octanol–water partition coefficient (Wildman–Crippen LogP) is 2.91. The fourth-order valence-corrected chi connectivity index (χ4v) is 3.62. The monoisotopic (exact) mass is 374 g/mol. The molecule has 0 amide bonds. The summed E-state index contributed by atoms with van der Waals surface area (Å²) in [4.78, 5) is -0.0400. The first-order valence-corrected chi connectivity index (χ1v) is 10.1. The maximum Gasteiger partial charge on any atom is 0.255 e. The molecule has 2 rings (SSSR count). The van der Waals surface area contributed by atoms with Gasteiger partial charge < -0.3 is 0 Å². The number of hydrogen-bond acceptors (Lipinski definition) is 5. The number of nitriles is 1. The lowest BCUT2D eigenvalue weighted by Crippen LogP contribution is -2.09. The number of anilines is 1. The van der Waals surface area contributed by atoms with Gasteiger partial charge in [0, 0.05) is 17.2 Å². The first-order chi connectivity index (χ1) is 11.8. The normalized spacial score (nSPS) is 12.3. The molecule has 2 aromatic carbocycles. The number of allylic oxidation sites excluding steroid dienone is 1. The molecule has 0 aliphatic rings. The minimum absolute atomic E-state index is 0.0400. The van der Waals surface area contributed by atoms with Crippen LogP contribution in [0.1, 0.15) is 5.56 Å². The molecule has 0 atom stereocenters. The summed E-state index contributed by atoms with van der Waals surface area (Å²) in [5.41, 5.74) is 0.958. The van der Waals surface area contributed by atoms with Gasteiger partial charge in [0.05, 0.1) is 16.4 Å². The number of benzene rings is 2. The Morgan fingerprint density at radius 3 is 2.12 bits per heavy atom. The van der Waals surface area contributed by atoms with Crippen molar-refractivity contribution < 1.29 is 16.8 Å². The van der Waals surface area contributed by atoms with Crippen molar-refractivity contribution >= 4 is 31.6 Å². The maximum atomic E-state index is 12.0. The predicted molar refractivity (Wildman–Crippen MR) is 96.4 cm³/mol. The van der Waals surface area contributed by atoms with E-state index in [2.05, 4.69) is 4.72 Å². The van der Waals surface area contributed by atoms with Crippen LogP contribution in [0, 0.1) is 11.3 Å². The van der Waals surface area contributed by atoms with Gasteiger partial charge in [-0.15, -0.1) is 0 Å². The highest BCUT2D eigenvalue weighted by atomic mass is 32.2. The molecular formula is C17H14N2O4S2. The fourth-order valence-electron chi connectivity index (χ4n) is 1.84. The minimum Gasteiger partial charge on any atom is -0.280 e. The van der Waals surface area contributed by atoms with Gasteiger partial charge in [-0.3, -0.25) is 4.72 Å². The Kier molecular flexibility index (Phi) is 5.75. The van der Waals surface area contributed by atoms with Gasteiger partial charge in [-0.05, 0) is 35.9 Å². The zero-order valence-electron chi connectivity index (χ0n) is 12.9. The third-order valence-corrected chi connectivity index (χ3v) is 5.44. The van der Waals surface area contributed by atoms with Crippen molar-refractivity contribution in [3.63, 3.8) is 0 Å². The molecule has 6 nitrogen and oxygen atoms in total.